The molecule has 5 heteroatoms. The molecule has 0 saturated heterocycles. The number of rotatable bonds is 0. The van der Waals surface area contributed by atoms with E-state index in [1.54, 1.807) is 0 Å². The van der Waals surface area contributed by atoms with Gasteiger partial charge in [0.1, 0.15) is 0 Å². The van der Waals surface area contributed by atoms with E-state index < -0.39 is 0 Å². The zero-order valence-electron chi connectivity index (χ0n) is 2.04. The highest BCUT2D eigenvalue weighted by atomic mass is 79.9. The fraction of sp³-hybridized carbons (Fsp3) is 0. The van der Waals surface area contributed by atoms with Crippen LogP contribution in [-0.2, 0) is 0 Å². The summed E-state index contributed by atoms with van der Waals surface area (Å²) in [5, 5.41) is 0. The van der Waals surface area contributed by atoms with Gasteiger partial charge in [-0.2, -0.15) is 0 Å². The third-order valence-corrected chi connectivity index (χ3v) is 0. The van der Waals surface area contributed by atoms with Crippen LogP contribution in [0.15, 0.2) is 0 Å². The molecule has 0 atom stereocenters. The van der Waals surface area contributed by atoms with Gasteiger partial charge in [-0.1, -0.05) is 0 Å². The summed E-state index contributed by atoms with van der Waals surface area (Å²) in [6.45, 7) is 0. The lowest BCUT2D eigenvalue weighted by molar-refractivity contribution is 1.11. The van der Waals surface area contributed by atoms with Crippen molar-refractivity contribution in [1.29, 1.82) is 0 Å². The topological polar surface area (TPSA) is 0 Å². The lowest BCUT2D eigenvalue weighted by Gasteiger charge is -0.270. The van der Waals surface area contributed by atoms with Gasteiger partial charge in [0.25, 0.3) is 0 Å². The van der Waals surface area contributed by atoms with Crippen molar-refractivity contribution in [3.05, 3.63) is 0 Å². The zero-order chi connectivity index (χ0) is 0. The highest BCUT2D eigenvalue weighted by Crippen LogP contribution is 0.847. The number of hydrogen-bond acceptors (Lipinski definition) is 0. The minimum Gasteiger partial charge on any atom is -0.269 e. The van der Waals surface area contributed by atoms with E-state index in [1.807, 2.05) is 0 Å². The van der Waals surface area contributed by atoms with Crippen molar-refractivity contribution in [1.82, 2.24) is 0 Å². The van der Waals surface area contributed by atoms with Gasteiger partial charge in [0.15, 0.2) is 0 Å². The van der Waals surface area contributed by atoms with Crippen LogP contribution in [0, 0.1) is 0 Å². The molecule has 0 heterocycles. The van der Waals surface area contributed by atoms with Crippen LogP contribution in [0.1, 0.15) is 0 Å². The molecule has 0 unspecified atom stereocenters. The maximum Gasteiger partial charge on any atom is -0.114 e. The monoisotopic (exact) mass is 220 g/mol. The lowest BCUT2D eigenvalue weighted by atomic mass is 19.0. The van der Waals surface area contributed by atoms with Gasteiger partial charge in [-0.15, -0.1) is 34.0 Å². The Kier molecular flexibility index (Phi) is 5480. The smallest absolute Gasteiger partial charge is 0.114 e. The predicted molar refractivity (Wildman–Crippen MR) is 28.2 cm³/mol. The summed E-state index contributed by atoms with van der Waals surface area (Å²) in [6.07, 6.45) is 0. The van der Waals surface area contributed by atoms with E-state index in [0.717, 1.165) is 0 Å². The van der Waals surface area contributed by atoms with Crippen molar-refractivity contribution in [3.63, 3.8) is 0 Å². The van der Waals surface area contributed by atoms with Gasteiger partial charge >= 0.3 is 0 Å². The standard InChI is InChI=1S/2BrH.3FH/h5*1H. The highest BCUT2D eigenvalue weighted by molar-refractivity contribution is 8.93. The third kappa shape index (κ3) is 63.9. The molecule has 5 heavy (non-hydrogen) atoms. The molecule has 0 N–H and O–H groups in total. The molecule has 0 rings (SSSR count). The Morgan fingerprint density at radius 1 is 0.400 bits per heavy atom. The molecule has 0 nitrogen and oxygen atoms in total. The largest absolute Gasteiger partial charge is 0.269 e. The maximum absolute atomic E-state index is 0. The predicted octanol–water partition coefficient (Wildman–Crippen LogP) is 1.61. The minimum absolute atomic E-state index is 0. The first-order valence-electron chi connectivity index (χ1n) is 0. The van der Waals surface area contributed by atoms with Crippen LogP contribution in [0.25, 0.3) is 0 Å². The van der Waals surface area contributed by atoms with E-state index in [4.69, 9.17) is 0 Å². The van der Waals surface area contributed by atoms with Gasteiger partial charge < -0.3 is 0 Å². The second-order valence-corrected chi connectivity index (χ2v) is 0. The zero-order valence-corrected chi connectivity index (χ0v) is 5.47. The molecule has 0 aromatic rings. The molecule has 40 valence electrons. The summed E-state index contributed by atoms with van der Waals surface area (Å²) < 4.78 is 0. The second-order valence-electron chi connectivity index (χ2n) is 0. The van der Waals surface area contributed by atoms with Crippen LogP contribution in [0.4, 0.5) is 14.1 Å². The molecule has 0 spiro atoms. The van der Waals surface area contributed by atoms with Gasteiger partial charge in [0, 0.05) is 0 Å². The van der Waals surface area contributed by atoms with Gasteiger partial charge in [-0.05, 0) is 0 Å². The molecule has 0 aromatic heterocycles. The first-order valence-corrected chi connectivity index (χ1v) is 0. The Balaban J connectivity index is 0. The highest BCUT2D eigenvalue weighted by Gasteiger charge is -0.113. The third-order valence-electron chi connectivity index (χ3n) is 0. The van der Waals surface area contributed by atoms with E-state index in [-0.39, 0.29) is 48.1 Å². The van der Waals surface area contributed by atoms with Gasteiger partial charge in [0.2, 0.25) is 0 Å². The summed E-state index contributed by atoms with van der Waals surface area (Å²) in [5.41, 5.74) is 0. The van der Waals surface area contributed by atoms with Crippen LogP contribution >= 0.6 is 34.0 Å². The van der Waals surface area contributed by atoms with E-state index in [1.165, 1.54) is 0 Å². The molecule has 0 amide bonds. The summed E-state index contributed by atoms with van der Waals surface area (Å²) in [6, 6.07) is 0. The Morgan fingerprint density at radius 3 is 0.400 bits per heavy atom. The molecule has 0 bridgehead atoms. The Bertz CT molecular complexity index is 4.85. The summed E-state index contributed by atoms with van der Waals surface area (Å²) in [4.78, 5) is 0. The van der Waals surface area contributed by atoms with Crippen LogP contribution in [-0.4, -0.2) is 0 Å². The molecular formula is H5Br2F3. The number of halogens is 5. The van der Waals surface area contributed by atoms with Crippen molar-refractivity contribution in [2.45, 2.75) is 0 Å². The summed E-state index contributed by atoms with van der Waals surface area (Å²) >= 11 is 0. The van der Waals surface area contributed by atoms with Gasteiger partial charge in [-0.3, -0.25) is 14.1 Å². The molecule has 0 aliphatic heterocycles. The quantitative estimate of drug-likeness (QED) is 0.583. The second kappa shape index (κ2) is 119. The molecule has 0 fully saturated rings. The van der Waals surface area contributed by atoms with Crippen LogP contribution in [0.5, 0.6) is 0 Å². The van der Waals surface area contributed by atoms with Crippen LogP contribution in [0.2, 0.25) is 0 Å². The van der Waals surface area contributed by atoms with Crippen LogP contribution < -0.4 is 0 Å². The minimum atomic E-state index is 0. The van der Waals surface area contributed by atoms with Crippen molar-refractivity contribution in [3.8, 4) is 0 Å². The Morgan fingerprint density at radius 2 is 0.400 bits per heavy atom. The van der Waals surface area contributed by atoms with E-state index in [0.29, 0.717) is 0 Å². The van der Waals surface area contributed by atoms with E-state index >= 15 is 0 Å². The lowest BCUT2D eigenvalue weighted by Crippen LogP contribution is 0.419. The Labute approximate surface area is 48.6 Å². The molecule has 0 saturated carbocycles. The van der Waals surface area contributed by atoms with E-state index in [9.17, 15) is 0 Å². The van der Waals surface area contributed by atoms with Gasteiger partial charge in [0.05, 0.1) is 0 Å². The summed E-state index contributed by atoms with van der Waals surface area (Å²) in [5.74, 6) is 0. The summed E-state index contributed by atoms with van der Waals surface area (Å²) in [7, 11) is 0. The van der Waals surface area contributed by atoms with Crippen molar-refractivity contribution < 1.29 is 14.1 Å². The first-order chi connectivity index (χ1) is 0. The van der Waals surface area contributed by atoms with Crippen molar-refractivity contribution in [2.24, 2.45) is 0 Å². The average molecular weight is 222 g/mol. The van der Waals surface area contributed by atoms with Gasteiger partial charge in [-0.25, -0.2) is 0 Å². The maximum atomic E-state index is 0. The molecule has 0 radical (unpaired) electrons. The SMILES string of the molecule is Br.Br.F.F.F. The molecular weight excluding hydrogens is 217 g/mol. The van der Waals surface area contributed by atoms with Crippen LogP contribution in [0.3, 0.4) is 0 Å². The Hall–Kier alpha value is 0.750. The normalized spacial score (nSPS) is 0. The van der Waals surface area contributed by atoms with Crippen molar-refractivity contribution >= 4 is 34.0 Å². The first kappa shape index (κ1) is 231. The fourth-order valence-corrected chi connectivity index (χ4v) is 0. The fourth-order valence-electron chi connectivity index (χ4n) is 0. The molecule has 0 aliphatic rings. The average Bonchev–Trinajstić information content (AvgIpc) is 0. The molecule has 0 aromatic carbocycles. The molecule has 0 aliphatic carbocycles. The van der Waals surface area contributed by atoms with Crippen molar-refractivity contribution in [2.75, 3.05) is 0 Å². The van der Waals surface area contributed by atoms with E-state index in [2.05, 4.69) is 0 Å². The number of hydrogen-bond donors (Lipinski definition) is 0.